The summed E-state index contributed by atoms with van der Waals surface area (Å²) in [4.78, 5) is 11.6. The van der Waals surface area contributed by atoms with Crippen LogP contribution in [0.25, 0.3) is 0 Å². The van der Waals surface area contributed by atoms with E-state index in [1.807, 2.05) is 0 Å². The van der Waals surface area contributed by atoms with Crippen LogP contribution in [0.4, 0.5) is 0 Å². The molecule has 0 radical (unpaired) electrons. The van der Waals surface area contributed by atoms with E-state index in [-0.39, 0.29) is 12.1 Å². The number of halogens is 1. The van der Waals surface area contributed by atoms with Crippen LogP contribution in [-0.4, -0.2) is 15.5 Å². The van der Waals surface area contributed by atoms with Crippen LogP contribution in [0.3, 0.4) is 0 Å². The van der Waals surface area contributed by atoms with Crippen LogP contribution in [0.5, 0.6) is 0 Å². The summed E-state index contributed by atoms with van der Waals surface area (Å²) < 4.78 is 1.46. The number of oxime groups is 1. The first-order valence-electron chi connectivity index (χ1n) is 5.33. The van der Waals surface area contributed by atoms with Gasteiger partial charge >= 0.3 is 0 Å². The zero-order valence-corrected chi connectivity index (χ0v) is 10.2. The lowest BCUT2D eigenvalue weighted by atomic mass is 10.1. The van der Waals surface area contributed by atoms with E-state index in [0.717, 1.165) is 5.56 Å². The summed E-state index contributed by atoms with van der Waals surface area (Å²) in [5.74, 6) is 0. The second-order valence-corrected chi connectivity index (χ2v) is 4.16. The maximum Gasteiger partial charge on any atom is 0.250 e. The topological polar surface area (TPSA) is 54.6 Å². The van der Waals surface area contributed by atoms with Gasteiger partial charge in [0.15, 0.2) is 0 Å². The summed E-state index contributed by atoms with van der Waals surface area (Å²) in [6, 6.07) is 11.8. The third kappa shape index (κ3) is 2.78. The van der Waals surface area contributed by atoms with E-state index < -0.39 is 0 Å². The van der Waals surface area contributed by atoms with Crippen LogP contribution in [0.1, 0.15) is 5.56 Å². The number of hydrogen-bond acceptors (Lipinski definition) is 3. The van der Waals surface area contributed by atoms with E-state index in [2.05, 4.69) is 5.16 Å². The number of benzene rings is 1. The van der Waals surface area contributed by atoms with E-state index in [0.29, 0.717) is 10.7 Å². The Balaban J connectivity index is 2.29. The average molecular weight is 263 g/mol. The highest BCUT2D eigenvalue weighted by atomic mass is 35.5. The summed E-state index contributed by atoms with van der Waals surface area (Å²) in [7, 11) is 0. The maximum atomic E-state index is 11.6. The smallest absolute Gasteiger partial charge is 0.250 e. The van der Waals surface area contributed by atoms with Crippen molar-refractivity contribution in [1.29, 1.82) is 0 Å². The third-order valence-corrected chi connectivity index (χ3v) is 2.77. The second-order valence-electron chi connectivity index (χ2n) is 3.72. The molecule has 0 aliphatic heterocycles. The molecule has 0 atom stereocenters. The first-order chi connectivity index (χ1) is 8.70. The minimum Gasteiger partial charge on any atom is -0.411 e. The molecule has 0 unspecified atom stereocenters. The van der Waals surface area contributed by atoms with E-state index in [4.69, 9.17) is 16.8 Å². The van der Waals surface area contributed by atoms with Gasteiger partial charge in [0.2, 0.25) is 0 Å². The van der Waals surface area contributed by atoms with Gasteiger partial charge in [-0.15, -0.1) is 0 Å². The average Bonchev–Trinajstić information content (AvgIpc) is 2.39. The van der Waals surface area contributed by atoms with E-state index in [9.17, 15) is 4.79 Å². The maximum absolute atomic E-state index is 11.6. The van der Waals surface area contributed by atoms with Gasteiger partial charge in [0.1, 0.15) is 5.71 Å². The Morgan fingerprint density at radius 1 is 1.22 bits per heavy atom. The van der Waals surface area contributed by atoms with Crippen LogP contribution in [-0.2, 0) is 6.54 Å². The van der Waals surface area contributed by atoms with Gasteiger partial charge in [0, 0.05) is 22.8 Å². The normalized spacial score (nSPS) is 11.5. The molecule has 0 saturated carbocycles. The van der Waals surface area contributed by atoms with Crippen LogP contribution in [0, 0.1) is 0 Å². The molecule has 1 heterocycles. The molecule has 0 saturated heterocycles. The molecule has 1 N–H and O–H groups in total. The van der Waals surface area contributed by atoms with Crippen LogP contribution >= 0.6 is 11.6 Å². The number of hydrogen-bond donors (Lipinski definition) is 1. The number of pyridine rings is 1. The Kier molecular flexibility index (Phi) is 3.79. The standard InChI is InChI=1S/C13H11ClN2O2/c14-11-6-4-10(5-7-11)12(15-18)9-16-8-2-1-3-13(16)17/h1-8,18H,9H2. The third-order valence-electron chi connectivity index (χ3n) is 2.52. The Bertz CT molecular complexity index is 617. The zero-order chi connectivity index (χ0) is 13.0. The lowest BCUT2D eigenvalue weighted by Gasteiger charge is -2.07. The first-order valence-corrected chi connectivity index (χ1v) is 5.71. The van der Waals surface area contributed by atoms with Gasteiger partial charge in [0.05, 0.1) is 6.54 Å². The van der Waals surface area contributed by atoms with Crippen molar-refractivity contribution < 1.29 is 5.21 Å². The lowest BCUT2D eigenvalue weighted by Crippen LogP contribution is -2.23. The van der Waals surface area contributed by atoms with Crippen molar-refractivity contribution in [3.63, 3.8) is 0 Å². The van der Waals surface area contributed by atoms with E-state index in [1.165, 1.54) is 10.6 Å². The summed E-state index contributed by atoms with van der Waals surface area (Å²) in [6.07, 6.45) is 1.64. The highest BCUT2D eigenvalue weighted by molar-refractivity contribution is 6.30. The van der Waals surface area contributed by atoms with Gasteiger partial charge in [0.25, 0.3) is 5.56 Å². The van der Waals surface area contributed by atoms with Gasteiger partial charge in [-0.05, 0) is 18.2 Å². The SMILES string of the molecule is O=c1ccccn1CC(=NO)c1ccc(Cl)cc1. The van der Waals surface area contributed by atoms with Gasteiger partial charge in [-0.2, -0.15) is 0 Å². The van der Waals surface area contributed by atoms with Crippen molar-refractivity contribution in [2.24, 2.45) is 5.16 Å². The van der Waals surface area contributed by atoms with Crippen LogP contribution in [0.2, 0.25) is 5.02 Å². The molecule has 1 aromatic heterocycles. The molecular formula is C13H11ClN2O2. The monoisotopic (exact) mass is 262 g/mol. The molecule has 0 aliphatic carbocycles. The van der Waals surface area contributed by atoms with Crippen molar-refractivity contribution in [3.8, 4) is 0 Å². The molecule has 0 fully saturated rings. The molecule has 5 heteroatoms. The molecule has 2 aromatic rings. The Morgan fingerprint density at radius 2 is 1.94 bits per heavy atom. The summed E-state index contributed by atoms with van der Waals surface area (Å²) in [5.41, 5.74) is 0.977. The molecule has 18 heavy (non-hydrogen) atoms. The highest BCUT2D eigenvalue weighted by Crippen LogP contribution is 2.11. The number of nitrogens with zero attached hydrogens (tertiary/aromatic N) is 2. The fraction of sp³-hybridized carbons (Fsp3) is 0.0769. The van der Waals surface area contributed by atoms with Crippen molar-refractivity contribution >= 4 is 17.3 Å². The van der Waals surface area contributed by atoms with Crippen LogP contribution in [0.15, 0.2) is 58.6 Å². The fourth-order valence-corrected chi connectivity index (χ4v) is 1.70. The summed E-state index contributed by atoms with van der Waals surface area (Å²) in [5, 5.41) is 12.9. The Labute approximate surface area is 109 Å². The largest absolute Gasteiger partial charge is 0.411 e. The number of aromatic nitrogens is 1. The second kappa shape index (κ2) is 5.51. The molecule has 1 aromatic carbocycles. The molecule has 0 spiro atoms. The van der Waals surface area contributed by atoms with Crippen molar-refractivity contribution in [2.45, 2.75) is 6.54 Å². The summed E-state index contributed by atoms with van der Waals surface area (Å²) in [6.45, 7) is 0.206. The van der Waals surface area contributed by atoms with E-state index in [1.54, 1.807) is 42.6 Å². The molecule has 2 rings (SSSR count). The van der Waals surface area contributed by atoms with Gasteiger partial charge in [-0.25, -0.2) is 0 Å². The molecule has 0 aliphatic rings. The van der Waals surface area contributed by atoms with Gasteiger partial charge in [-0.3, -0.25) is 4.79 Å². The van der Waals surface area contributed by atoms with Gasteiger partial charge < -0.3 is 9.77 Å². The molecule has 92 valence electrons. The molecular weight excluding hydrogens is 252 g/mol. The summed E-state index contributed by atoms with van der Waals surface area (Å²) >= 11 is 5.79. The predicted octanol–water partition coefficient (Wildman–Crippen LogP) is 2.38. The lowest BCUT2D eigenvalue weighted by molar-refractivity contribution is 0.317. The Morgan fingerprint density at radius 3 is 2.56 bits per heavy atom. The zero-order valence-electron chi connectivity index (χ0n) is 9.45. The minimum atomic E-state index is -0.146. The Hall–Kier alpha value is -2.07. The van der Waals surface area contributed by atoms with Crippen molar-refractivity contribution in [1.82, 2.24) is 4.57 Å². The highest BCUT2D eigenvalue weighted by Gasteiger charge is 2.06. The van der Waals surface area contributed by atoms with E-state index >= 15 is 0 Å². The first kappa shape index (κ1) is 12.4. The number of rotatable bonds is 3. The molecule has 4 nitrogen and oxygen atoms in total. The van der Waals surface area contributed by atoms with Crippen molar-refractivity contribution in [2.75, 3.05) is 0 Å². The van der Waals surface area contributed by atoms with Crippen molar-refractivity contribution in [3.05, 3.63) is 69.6 Å². The van der Waals surface area contributed by atoms with Crippen LogP contribution < -0.4 is 5.56 Å². The molecule has 0 amide bonds. The predicted molar refractivity (Wildman–Crippen MR) is 70.5 cm³/mol. The molecule has 0 bridgehead atoms. The fourth-order valence-electron chi connectivity index (χ4n) is 1.58. The quantitative estimate of drug-likeness (QED) is 0.525. The minimum absolute atomic E-state index is 0.146. The van der Waals surface area contributed by atoms with Gasteiger partial charge in [-0.1, -0.05) is 35.0 Å².